The summed E-state index contributed by atoms with van der Waals surface area (Å²) in [5.74, 6) is 0. The maximum atomic E-state index is 2.26. The van der Waals surface area contributed by atoms with Crippen molar-refractivity contribution in [3.05, 3.63) is 34.9 Å². The van der Waals surface area contributed by atoms with Gasteiger partial charge in [-0.15, -0.1) is 0 Å². The Morgan fingerprint density at radius 2 is 1.00 bits per heavy atom. The van der Waals surface area contributed by atoms with E-state index in [4.69, 9.17) is 0 Å². The fraction of sp³-hybridized carbons (Fsp3) is 0.700. The van der Waals surface area contributed by atoms with E-state index >= 15 is 0 Å². The van der Waals surface area contributed by atoms with Gasteiger partial charge in [-0.3, -0.25) is 0 Å². The number of rotatable bonds is 0. The minimum absolute atomic E-state index is 1.24. The van der Waals surface area contributed by atoms with Crippen molar-refractivity contribution in [1.29, 1.82) is 0 Å². The first-order chi connectivity index (χ1) is 9.86. The van der Waals surface area contributed by atoms with E-state index < -0.39 is 0 Å². The molecule has 2 aliphatic rings. The Bertz CT molecular complexity index is 283. The predicted molar refractivity (Wildman–Crippen MR) is 95.7 cm³/mol. The average Bonchev–Trinajstić information content (AvgIpc) is 3.34. The summed E-state index contributed by atoms with van der Waals surface area (Å²) in [7, 11) is 0. The smallest absolute Gasteiger partial charge is 0.00200 e. The molecule has 1 aromatic carbocycles. The molecule has 0 aliphatic heterocycles. The van der Waals surface area contributed by atoms with Crippen molar-refractivity contribution in [2.45, 2.75) is 93.4 Å². The first kappa shape index (κ1) is 21.5. The lowest BCUT2D eigenvalue weighted by molar-refractivity contribution is 0.504. The second kappa shape index (κ2) is 16.3. The van der Waals surface area contributed by atoms with Gasteiger partial charge in [0.25, 0.3) is 0 Å². The standard InChI is InChI=1S/C8H8.C6H12.3C2H6/c1-6-2-3-7-5-8(7)4-6;1-2-4-6-5-3-1;3*1-2/h2-4H,5H2,1H3;1-6H2;3*1-2H3. The molecule has 1 aromatic rings. The van der Waals surface area contributed by atoms with Gasteiger partial charge in [0.05, 0.1) is 0 Å². The first-order valence-corrected chi connectivity index (χ1v) is 8.95. The van der Waals surface area contributed by atoms with Crippen LogP contribution < -0.4 is 0 Å². The second-order valence-corrected chi connectivity index (χ2v) is 4.57. The molecule has 118 valence electrons. The van der Waals surface area contributed by atoms with Gasteiger partial charge in [0.15, 0.2) is 0 Å². The van der Waals surface area contributed by atoms with Crippen LogP contribution in [0, 0.1) is 6.92 Å². The van der Waals surface area contributed by atoms with Crippen molar-refractivity contribution in [1.82, 2.24) is 0 Å². The SMILES string of the molecule is C1CCCCC1.CC.CC.CC.Cc1ccc2c(c1)C2. The summed E-state index contributed by atoms with van der Waals surface area (Å²) in [6.07, 6.45) is 10.2. The highest BCUT2D eigenvalue weighted by Crippen LogP contribution is 2.27. The summed E-state index contributed by atoms with van der Waals surface area (Å²) in [6.45, 7) is 14.1. The minimum atomic E-state index is 1.24. The van der Waals surface area contributed by atoms with Gasteiger partial charge < -0.3 is 0 Å². The minimum Gasteiger partial charge on any atom is -0.0683 e. The molecule has 0 heteroatoms. The van der Waals surface area contributed by atoms with Crippen LogP contribution in [0.3, 0.4) is 0 Å². The van der Waals surface area contributed by atoms with Crippen LogP contribution in [0.5, 0.6) is 0 Å². The van der Waals surface area contributed by atoms with E-state index in [1.54, 1.807) is 5.56 Å². The topological polar surface area (TPSA) is 0 Å². The molecule has 0 nitrogen and oxygen atoms in total. The summed E-state index contributed by atoms with van der Waals surface area (Å²) in [4.78, 5) is 0. The molecule has 20 heavy (non-hydrogen) atoms. The summed E-state index contributed by atoms with van der Waals surface area (Å²) in [5.41, 5.74) is 4.47. The van der Waals surface area contributed by atoms with Crippen molar-refractivity contribution < 1.29 is 0 Å². The zero-order valence-electron chi connectivity index (χ0n) is 15.2. The Hall–Kier alpha value is -0.780. The summed E-state index contributed by atoms with van der Waals surface area (Å²) < 4.78 is 0. The van der Waals surface area contributed by atoms with Crippen molar-refractivity contribution in [3.8, 4) is 0 Å². The van der Waals surface area contributed by atoms with Crippen LogP contribution >= 0.6 is 0 Å². The first-order valence-electron chi connectivity index (χ1n) is 8.95. The Labute approximate surface area is 129 Å². The van der Waals surface area contributed by atoms with Gasteiger partial charge in [0.2, 0.25) is 0 Å². The molecule has 1 fully saturated rings. The van der Waals surface area contributed by atoms with Gasteiger partial charge in [-0.05, 0) is 24.5 Å². The lowest BCUT2D eigenvalue weighted by Gasteiger charge is -2.05. The van der Waals surface area contributed by atoms with Gasteiger partial charge >= 0.3 is 0 Å². The molecule has 0 bridgehead atoms. The summed E-state index contributed by atoms with van der Waals surface area (Å²) >= 11 is 0. The van der Waals surface area contributed by atoms with Crippen LogP contribution in [0.25, 0.3) is 0 Å². The summed E-state index contributed by atoms with van der Waals surface area (Å²) in [6, 6.07) is 6.64. The lowest BCUT2D eigenvalue weighted by atomic mass is 10.0. The number of hydrogen-bond acceptors (Lipinski definition) is 0. The second-order valence-electron chi connectivity index (χ2n) is 4.57. The Balaban J connectivity index is 0. The van der Waals surface area contributed by atoms with Crippen LogP contribution in [-0.4, -0.2) is 0 Å². The van der Waals surface area contributed by atoms with E-state index in [2.05, 4.69) is 25.1 Å². The zero-order valence-corrected chi connectivity index (χ0v) is 15.2. The average molecular weight is 279 g/mol. The third kappa shape index (κ3) is 11.1. The number of fused-ring (bicyclic) bond motifs is 1. The highest BCUT2D eigenvalue weighted by molar-refractivity contribution is 5.46. The number of hydrogen-bond donors (Lipinski definition) is 0. The molecule has 3 rings (SSSR count). The Kier molecular flexibility index (Phi) is 17.5. The van der Waals surface area contributed by atoms with E-state index in [1.807, 2.05) is 41.5 Å². The predicted octanol–water partition coefficient (Wildman–Crippen LogP) is 7.32. The fourth-order valence-electron chi connectivity index (χ4n) is 2.09. The number of benzene rings is 1. The van der Waals surface area contributed by atoms with Crippen LogP contribution in [0.2, 0.25) is 0 Å². The van der Waals surface area contributed by atoms with Crippen molar-refractivity contribution >= 4 is 0 Å². The highest BCUT2D eigenvalue weighted by atomic mass is 14.2. The van der Waals surface area contributed by atoms with Crippen molar-refractivity contribution in [3.63, 3.8) is 0 Å². The summed E-state index contributed by atoms with van der Waals surface area (Å²) in [5, 5.41) is 0. The molecule has 0 radical (unpaired) electrons. The molecule has 0 aromatic heterocycles. The normalized spacial score (nSPS) is 13.3. The van der Waals surface area contributed by atoms with E-state index in [1.165, 1.54) is 56.1 Å². The largest absolute Gasteiger partial charge is 0.0683 e. The molecular formula is C20H38. The molecule has 0 amide bonds. The third-order valence-corrected chi connectivity index (χ3v) is 3.12. The lowest BCUT2D eigenvalue weighted by Crippen LogP contribution is -1.85. The van der Waals surface area contributed by atoms with Crippen LogP contribution in [-0.2, 0) is 6.42 Å². The Morgan fingerprint density at radius 1 is 0.600 bits per heavy atom. The maximum Gasteiger partial charge on any atom is -0.00200 e. The molecule has 0 saturated heterocycles. The number of aryl methyl sites for hydroxylation is 1. The fourth-order valence-corrected chi connectivity index (χ4v) is 2.09. The molecule has 0 N–H and O–H groups in total. The molecule has 0 spiro atoms. The monoisotopic (exact) mass is 278 g/mol. The van der Waals surface area contributed by atoms with Crippen LogP contribution in [0.1, 0.15) is 96.8 Å². The highest BCUT2D eigenvalue weighted by Gasteiger charge is 2.14. The molecule has 1 saturated carbocycles. The molecule has 0 unspecified atom stereocenters. The van der Waals surface area contributed by atoms with Crippen LogP contribution in [0.15, 0.2) is 18.2 Å². The van der Waals surface area contributed by atoms with Gasteiger partial charge in [-0.25, -0.2) is 0 Å². The third-order valence-electron chi connectivity index (χ3n) is 3.12. The quantitative estimate of drug-likeness (QED) is 0.473. The maximum absolute atomic E-state index is 2.26. The van der Waals surface area contributed by atoms with E-state index in [9.17, 15) is 0 Å². The van der Waals surface area contributed by atoms with Crippen molar-refractivity contribution in [2.75, 3.05) is 0 Å². The van der Waals surface area contributed by atoms with Gasteiger partial charge in [0.1, 0.15) is 0 Å². The Morgan fingerprint density at radius 3 is 1.30 bits per heavy atom. The van der Waals surface area contributed by atoms with Crippen molar-refractivity contribution in [2.24, 2.45) is 0 Å². The molecule has 0 heterocycles. The van der Waals surface area contributed by atoms with Gasteiger partial charge in [-0.2, -0.15) is 0 Å². The van der Waals surface area contributed by atoms with Gasteiger partial charge in [-0.1, -0.05) is 104 Å². The van der Waals surface area contributed by atoms with E-state index in [-0.39, 0.29) is 0 Å². The molecule has 2 aliphatic carbocycles. The van der Waals surface area contributed by atoms with E-state index in [0.29, 0.717) is 0 Å². The van der Waals surface area contributed by atoms with Crippen LogP contribution in [0.4, 0.5) is 0 Å². The van der Waals surface area contributed by atoms with Gasteiger partial charge in [0, 0.05) is 0 Å². The molecular weight excluding hydrogens is 240 g/mol. The zero-order chi connectivity index (χ0) is 15.8. The molecule has 0 atom stereocenters. The van der Waals surface area contributed by atoms with E-state index in [0.717, 1.165) is 0 Å².